The molecule has 3 N–H and O–H groups in total. The highest BCUT2D eigenvalue weighted by atomic mass is 79.9. The molecule has 1 aliphatic carbocycles. The minimum absolute atomic E-state index is 0.302. The Morgan fingerprint density at radius 1 is 1.54 bits per heavy atom. The first-order valence-corrected chi connectivity index (χ1v) is 5.17. The van der Waals surface area contributed by atoms with Crippen molar-refractivity contribution in [3.8, 4) is 0 Å². The summed E-state index contributed by atoms with van der Waals surface area (Å²) in [5, 5.41) is 10.1. The second-order valence-corrected chi connectivity index (χ2v) is 4.36. The average Bonchev–Trinajstić information content (AvgIpc) is 2.47. The number of fused-ring (bicyclic) bond motifs is 1. The van der Waals surface area contributed by atoms with E-state index in [9.17, 15) is 5.11 Å². The summed E-state index contributed by atoms with van der Waals surface area (Å²) in [6.45, 7) is 0.302. The molecule has 13 heavy (non-hydrogen) atoms. The van der Waals surface area contributed by atoms with Crippen molar-refractivity contribution in [2.45, 2.75) is 18.4 Å². The van der Waals surface area contributed by atoms with Crippen LogP contribution in [0.3, 0.4) is 0 Å². The maximum atomic E-state index is 10.1. The average molecular weight is 242 g/mol. The predicted molar refractivity (Wildman–Crippen MR) is 55.4 cm³/mol. The first-order valence-electron chi connectivity index (χ1n) is 4.38. The first kappa shape index (κ1) is 9.19. The number of aliphatic hydroxyl groups is 1. The molecule has 0 bridgehead atoms. The molecule has 1 aromatic carbocycles. The van der Waals surface area contributed by atoms with Crippen molar-refractivity contribution >= 4 is 15.9 Å². The van der Waals surface area contributed by atoms with E-state index in [-0.39, 0.29) is 0 Å². The van der Waals surface area contributed by atoms with Gasteiger partial charge in [0.1, 0.15) is 5.60 Å². The van der Waals surface area contributed by atoms with Gasteiger partial charge in [0.05, 0.1) is 0 Å². The second kappa shape index (κ2) is 3.08. The molecule has 0 heterocycles. The van der Waals surface area contributed by atoms with Gasteiger partial charge in [-0.3, -0.25) is 0 Å². The Labute approximate surface area is 85.9 Å². The molecule has 1 atom stereocenters. The molecule has 1 aliphatic rings. The summed E-state index contributed by atoms with van der Waals surface area (Å²) < 4.78 is 1.08. The lowest BCUT2D eigenvalue weighted by atomic mass is 9.96. The molecule has 0 spiro atoms. The van der Waals surface area contributed by atoms with Gasteiger partial charge in [-0.05, 0) is 30.0 Å². The van der Waals surface area contributed by atoms with E-state index in [0.29, 0.717) is 6.54 Å². The summed E-state index contributed by atoms with van der Waals surface area (Å²) in [4.78, 5) is 0. The van der Waals surface area contributed by atoms with Gasteiger partial charge in [0, 0.05) is 11.0 Å². The third-order valence-corrected chi connectivity index (χ3v) is 3.49. The molecule has 0 saturated carbocycles. The maximum absolute atomic E-state index is 10.1. The lowest BCUT2D eigenvalue weighted by Crippen LogP contribution is -2.32. The van der Waals surface area contributed by atoms with E-state index < -0.39 is 5.60 Å². The van der Waals surface area contributed by atoms with Crippen LogP contribution in [0.2, 0.25) is 0 Å². The van der Waals surface area contributed by atoms with Gasteiger partial charge in [-0.1, -0.05) is 28.1 Å². The molecule has 2 nitrogen and oxygen atoms in total. The van der Waals surface area contributed by atoms with Crippen molar-refractivity contribution in [3.05, 3.63) is 33.8 Å². The SMILES string of the molecule is NCC1(O)CCc2c(Br)cccc21. The van der Waals surface area contributed by atoms with Crippen molar-refractivity contribution in [2.75, 3.05) is 6.54 Å². The van der Waals surface area contributed by atoms with Crippen LogP contribution in [0.5, 0.6) is 0 Å². The number of rotatable bonds is 1. The topological polar surface area (TPSA) is 46.2 Å². The molecule has 2 rings (SSSR count). The monoisotopic (exact) mass is 241 g/mol. The quantitative estimate of drug-likeness (QED) is 0.784. The minimum atomic E-state index is -0.793. The second-order valence-electron chi connectivity index (χ2n) is 3.50. The van der Waals surface area contributed by atoms with Gasteiger partial charge in [-0.25, -0.2) is 0 Å². The van der Waals surface area contributed by atoms with Gasteiger partial charge in [-0.15, -0.1) is 0 Å². The van der Waals surface area contributed by atoms with Gasteiger partial charge in [0.2, 0.25) is 0 Å². The Bertz CT molecular complexity index is 340. The van der Waals surface area contributed by atoms with E-state index in [2.05, 4.69) is 15.9 Å². The highest BCUT2D eigenvalue weighted by molar-refractivity contribution is 9.10. The third kappa shape index (κ3) is 1.31. The van der Waals surface area contributed by atoms with Gasteiger partial charge < -0.3 is 10.8 Å². The molecule has 1 aromatic rings. The third-order valence-electron chi connectivity index (χ3n) is 2.75. The van der Waals surface area contributed by atoms with Gasteiger partial charge in [0.15, 0.2) is 0 Å². The zero-order chi connectivity index (χ0) is 9.47. The number of hydrogen-bond donors (Lipinski definition) is 2. The van der Waals surface area contributed by atoms with E-state index >= 15 is 0 Å². The Morgan fingerprint density at radius 2 is 2.31 bits per heavy atom. The lowest BCUT2D eigenvalue weighted by molar-refractivity contribution is 0.0481. The normalized spacial score (nSPS) is 26.1. The summed E-state index contributed by atoms with van der Waals surface area (Å²) in [5.41, 5.74) is 6.97. The van der Waals surface area contributed by atoms with Crippen molar-refractivity contribution in [3.63, 3.8) is 0 Å². The number of hydrogen-bond acceptors (Lipinski definition) is 2. The summed E-state index contributed by atoms with van der Waals surface area (Å²) in [7, 11) is 0. The molecule has 70 valence electrons. The van der Waals surface area contributed by atoms with E-state index in [4.69, 9.17) is 5.73 Å². The zero-order valence-corrected chi connectivity index (χ0v) is 8.84. The van der Waals surface area contributed by atoms with E-state index in [0.717, 1.165) is 22.9 Å². The molecule has 0 aromatic heterocycles. The molecule has 0 radical (unpaired) electrons. The lowest BCUT2D eigenvalue weighted by Gasteiger charge is -2.21. The summed E-state index contributed by atoms with van der Waals surface area (Å²) >= 11 is 3.48. The maximum Gasteiger partial charge on any atom is 0.102 e. The first-order chi connectivity index (χ1) is 6.17. The Morgan fingerprint density at radius 3 is 3.00 bits per heavy atom. The predicted octanol–water partition coefficient (Wildman–Crippen LogP) is 1.54. The van der Waals surface area contributed by atoms with Crippen LogP contribution in [-0.2, 0) is 12.0 Å². The molecular weight excluding hydrogens is 230 g/mol. The van der Waals surface area contributed by atoms with Crippen LogP contribution in [0.15, 0.2) is 22.7 Å². The Balaban J connectivity index is 2.55. The van der Waals surface area contributed by atoms with Crippen LogP contribution in [0.25, 0.3) is 0 Å². The largest absolute Gasteiger partial charge is 0.384 e. The van der Waals surface area contributed by atoms with Gasteiger partial charge in [0.25, 0.3) is 0 Å². The van der Waals surface area contributed by atoms with Crippen molar-refractivity contribution in [1.82, 2.24) is 0 Å². The van der Waals surface area contributed by atoms with Crippen LogP contribution >= 0.6 is 15.9 Å². The van der Waals surface area contributed by atoms with E-state index in [1.54, 1.807) is 0 Å². The van der Waals surface area contributed by atoms with E-state index in [1.807, 2.05) is 18.2 Å². The van der Waals surface area contributed by atoms with Crippen LogP contribution in [0.1, 0.15) is 17.5 Å². The summed E-state index contributed by atoms with van der Waals surface area (Å²) in [6.07, 6.45) is 1.64. The minimum Gasteiger partial charge on any atom is -0.384 e. The van der Waals surface area contributed by atoms with Crippen LogP contribution in [0, 0.1) is 0 Å². The Kier molecular flexibility index (Phi) is 2.18. The fraction of sp³-hybridized carbons (Fsp3) is 0.400. The number of halogens is 1. The molecule has 0 amide bonds. The molecule has 0 aliphatic heterocycles. The van der Waals surface area contributed by atoms with Gasteiger partial charge in [-0.2, -0.15) is 0 Å². The fourth-order valence-electron chi connectivity index (χ4n) is 1.93. The molecular formula is C10H12BrNO. The number of nitrogens with two attached hydrogens (primary N) is 1. The Hall–Kier alpha value is -0.380. The van der Waals surface area contributed by atoms with Crippen molar-refractivity contribution in [2.24, 2.45) is 5.73 Å². The highest BCUT2D eigenvalue weighted by Gasteiger charge is 2.35. The standard InChI is InChI=1S/C10H12BrNO/c11-9-3-1-2-8-7(9)4-5-10(8,13)6-12/h1-3,13H,4-6,12H2. The van der Waals surface area contributed by atoms with Gasteiger partial charge >= 0.3 is 0 Å². The van der Waals surface area contributed by atoms with Crippen LogP contribution < -0.4 is 5.73 Å². The smallest absolute Gasteiger partial charge is 0.102 e. The van der Waals surface area contributed by atoms with Crippen LogP contribution in [0.4, 0.5) is 0 Å². The summed E-state index contributed by atoms with van der Waals surface area (Å²) in [5.74, 6) is 0. The van der Waals surface area contributed by atoms with Crippen molar-refractivity contribution < 1.29 is 5.11 Å². The van der Waals surface area contributed by atoms with Crippen molar-refractivity contribution in [1.29, 1.82) is 0 Å². The molecule has 1 unspecified atom stereocenters. The molecule has 0 saturated heterocycles. The molecule has 3 heteroatoms. The molecule has 0 fully saturated rings. The zero-order valence-electron chi connectivity index (χ0n) is 7.26. The number of benzene rings is 1. The van der Waals surface area contributed by atoms with Crippen LogP contribution in [-0.4, -0.2) is 11.7 Å². The summed E-state index contributed by atoms with van der Waals surface area (Å²) in [6, 6.07) is 5.90. The highest BCUT2D eigenvalue weighted by Crippen LogP contribution is 2.39. The van der Waals surface area contributed by atoms with E-state index in [1.165, 1.54) is 5.56 Å². The fourth-order valence-corrected chi connectivity index (χ4v) is 2.49.